The molecule has 0 aliphatic carbocycles. The van der Waals surface area contributed by atoms with Gasteiger partial charge in [0.15, 0.2) is 0 Å². The topological polar surface area (TPSA) is 50.9 Å². The summed E-state index contributed by atoms with van der Waals surface area (Å²) in [5.74, 6) is 0.664. The zero-order valence-electron chi connectivity index (χ0n) is 11.5. The van der Waals surface area contributed by atoms with Crippen molar-refractivity contribution in [3.63, 3.8) is 0 Å². The summed E-state index contributed by atoms with van der Waals surface area (Å²) in [7, 11) is 0. The number of nitrogens with zero attached hydrogens (tertiary/aromatic N) is 1. The maximum absolute atomic E-state index is 5.89. The molecule has 1 atom stereocenters. The number of nitrogen functional groups attached to an aromatic ring is 1. The van der Waals surface area contributed by atoms with Gasteiger partial charge in [0.05, 0.1) is 0 Å². The van der Waals surface area contributed by atoms with Gasteiger partial charge in [0.1, 0.15) is 5.82 Å². The van der Waals surface area contributed by atoms with Crippen LogP contribution >= 0.6 is 0 Å². The first kappa shape index (κ1) is 14.0. The number of rotatable bonds is 6. The summed E-state index contributed by atoms with van der Waals surface area (Å²) in [4.78, 5) is 4.14. The third-order valence-corrected chi connectivity index (χ3v) is 3.01. The quantitative estimate of drug-likeness (QED) is 0.797. The average molecular weight is 235 g/mol. The Kier molecular flexibility index (Phi) is 4.94. The van der Waals surface area contributed by atoms with Crippen molar-refractivity contribution in [1.29, 1.82) is 0 Å². The van der Waals surface area contributed by atoms with Crippen molar-refractivity contribution in [2.45, 2.75) is 46.6 Å². The van der Waals surface area contributed by atoms with E-state index in [2.05, 4.69) is 44.1 Å². The Morgan fingerprint density at radius 3 is 2.76 bits per heavy atom. The smallest absolute Gasteiger partial charge is 0.126 e. The van der Waals surface area contributed by atoms with E-state index in [0.29, 0.717) is 11.9 Å². The number of hydrogen-bond donors (Lipinski definition) is 2. The van der Waals surface area contributed by atoms with Crippen LogP contribution in [-0.4, -0.2) is 17.6 Å². The van der Waals surface area contributed by atoms with Gasteiger partial charge in [-0.25, -0.2) is 4.98 Å². The molecule has 1 unspecified atom stereocenters. The van der Waals surface area contributed by atoms with Crippen LogP contribution < -0.4 is 11.1 Å². The third kappa shape index (κ3) is 4.73. The van der Waals surface area contributed by atoms with E-state index in [4.69, 9.17) is 5.73 Å². The molecule has 3 nitrogen and oxygen atoms in total. The van der Waals surface area contributed by atoms with Crippen LogP contribution in [0.5, 0.6) is 0 Å². The van der Waals surface area contributed by atoms with Crippen LogP contribution in [-0.2, 0) is 6.42 Å². The van der Waals surface area contributed by atoms with Gasteiger partial charge in [-0.2, -0.15) is 0 Å². The lowest BCUT2D eigenvalue weighted by Gasteiger charge is -2.28. The van der Waals surface area contributed by atoms with E-state index in [-0.39, 0.29) is 5.41 Å². The highest BCUT2D eigenvalue weighted by molar-refractivity contribution is 5.38. The van der Waals surface area contributed by atoms with Gasteiger partial charge >= 0.3 is 0 Å². The molecule has 0 fully saturated rings. The largest absolute Gasteiger partial charge is 0.383 e. The molecule has 0 spiro atoms. The van der Waals surface area contributed by atoms with Crippen LogP contribution in [0.3, 0.4) is 0 Å². The van der Waals surface area contributed by atoms with Crippen LogP contribution in [0.2, 0.25) is 0 Å². The molecule has 3 heteroatoms. The Morgan fingerprint density at radius 2 is 2.18 bits per heavy atom. The van der Waals surface area contributed by atoms with Gasteiger partial charge in [-0.3, -0.25) is 0 Å². The van der Waals surface area contributed by atoms with Crippen molar-refractivity contribution in [3.05, 3.63) is 23.9 Å². The van der Waals surface area contributed by atoms with E-state index >= 15 is 0 Å². The molecule has 1 heterocycles. The zero-order valence-corrected chi connectivity index (χ0v) is 11.5. The number of hydrogen-bond acceptors (Lipinski definition) is 3. The molecule has 3 N–H and O–H groups in total. The molecule has 0 saturated carbocycles. The predicted molar refractivity (Wildman–Crippen MR) is 73.9 cm³/mol. The Balaban J connectivity index is 2.63. The van der Waals surface area contributed by atoms with Gasteiger partial charge in [0.25, 0.3) is 0 Å². The monoisotopic (exact) mass is 235 g/mol. The number of aromatic nitrogens is 1. The first-order valence-corrected chi connectivity index (χ1v) is 6.37. The lowest BCUT2D eigenvalue weighted by molar-refractivity contribution is 0.289. The summed E-state index contributed by atoms with van der Waals surface area (Å²) in [6.07, 6.45) is 3.85. The fourth-order valence-corrected chi connectivity index (χ4v) is 2.44. The predicted octanol–water partition coefficient (Wildman–Crippen LogP) is 2.62. The van der Waals surface area contributed by atoms with Gasteiger partial charge in [0, 0.05) is 12.2 Å². The average Bonchev–Trinajstić information content (AvgIpc) is 2.20. The number of nitrogens with one attached hydrogen (secondary N) is 1. The third-order valence-electron chi connectivity index (χ3n) is 3.01. The summed E-state index contributed by atoms with van der Waals surface area (Å²) in [6.45, 7) is 9.97. The second-order valence-corrected chi connectivity index (χ2v) is 5.55. The zero-order chi connectivity index (χ0) is 12.9. The summed E-state index contributed by atoms with van der Waals surface area (Å²) in [6, 6.07) is 4.56. The fraction of sp³-hybridized carbons (Fsp3) is 0.643. The van der Waals surface area contributed by atoms with E-state index in [1.807, 2.05) is 6.07 Å². The second kappa shape index (κ2) is 6.01. The van der Waals surface area contributed by atoms with Crippen LogP contribution in [0.4, 0.5) is 5.82 Å². The minimum Gasteiger partial charge on any atom is -0.383 e. The van der Waals surface area contributed by atoms with E-state index in [0.717, 1.165) is 24.9 Å². The van der Waals surface area contributed by atoms with Crippen LogP contribution in [0.1, 0.15) is 39.7 Å². The fourth-order valence-electron chi connectivity index (χ4n) is 2.44. The summed E-state index contributed by atoms with van der Waals surface area (Å²) in [5, 5.41) is 3.46. The molecule has 0 bridgehead atoms. The van der Waals surface area contributed by atoms with Gasteiger partial charge in [-0.15, -0.1) is 0 Å². The molecule has 1 aromatic rings. The minimum atomic E-state index is 0.235. The summed E-state index contributed by atoms with van der Waals surface area (Å²) < 4.78 is 0. The maximum atomic E-state index is 5.89. The molecule has 0 radical (unpaired) electrons. The Hall–Kier alpha value is -1.09. The van der Waals surface area contributed by atoms with Crippen molar-refractivity contribution in [2.75, 3.05) is 12.3 Å². The van der Waals surface area contributed by atoms with Crippen LogP contribution in [0.25, 0.3) is 0 Å². The van der Waals surface area contributed by atoms with E-state index in [1.165, 1.54) is 0 Å². The highest BCUT2D eigenvalue weighted by Crippen LogP contribution is 2.28. The molecule has 0 aromatic carbocycles. The number of anilines is 1. The standard InChI is InChI=1S/C14H25N3/c1-5-16-11(2)9-14(3,4)10-12-7-6-8-17-13(12)15/h6-8,11,16H,5,9-10H2,1-4H3,(H2,15,17). The Labute approximate surface area is 105 Å². The Bertz CT molecular complexity index is 347. The SMILES string of the molecule is CCNC(C)CC(C)(C)Cc1cccnc1N. The number of nitrogens with two attached hydrogens (primary N) is 1. The molecular formula is C14H25N3. The minimum absolute atomic E-state index is 0.235. The van der Waals surface area contributed by atoms with E-state index in [9.17, 15) is 0 Å². The molecular weight excluding hydrogens is 210 g/mol. The van der Waals surface area contributed by atoms with Crippen LogP contribution in [0, 0.1) is 5.41 Å². The van der Waals surface area contributed by atoms with Gasteiger partial charge in [0.2, 0.25) is 0 Å². The van der Waals surface area contributed by atoms with Gasteiger partial charge < -0.3 is 11.1 Å². The van der Waals surface area contributed by atoms with Gasteiger partial charge in [-0.05, 0) is 43.4 Å². The number of pyridine rings is 1. The van der Waals surface area contributed by atoms with Crippen molar-refractivity contribution < 1.29 is 0 Å². The summed E-state index contributed by atoms with van der Waals surface area (Å²) in [5.41, 5.74) is 7.28. The first-order valence-electron chi connectivity index (χ1n) is 6.37. The molecule has 96 valence electrons. The lowest BCUT2D eigenvalue weighted by Crippen LogP contribution is -2.32. The normalized spacial score (nSPS) is 13.6. The summed E-state index contributed by atoms with van der Waals surface area (Å²) >= 11 is 0. The highest BCUT2D eigenvalue weighted by atomic mass is 14.9. The van der Waals surface area contributed by atoms with Crippen molar-refractivity contribution in [1.82, 2.24) is 10.3 Å². The highest BCUT2D eigenvalue weighted by Gasteiger charge is 2.22. The molecule has 0 aliphatic heterocycles. The Morgan fingerprint density at radius 1 is 1.47 bits per heavy atom. The second-order valence-electron chi connectivity index (χ2n) is 5.55. The maximum Gasteiger partial charge on any atom is 0.126 e. The molecule has 0 saturated heterocycles. The molecule has 17 heavy (non-hydrogen) atoms. The van der Waals surface area contributed by atoms with Crippen molar-refractivity contribution >= 4 is 5.82 Å². The first-order chi connectivity index (χ1) is 7.94. The van der Waals surface area contributed by atoms with Crippen molar-refractivity contribution in [3.8, 4) is 0 Å². The van der Waals surface area contributed by atoms with Crippen molar-refractivity contribution in [2.24, 2.45) is 5.41 Å². The molecule has 0 aliphatic rings. The van der Waals surface area contributed by atoms with Gasteiger partial charge in [-0.1, -0.05) is 26.8 Å². The molecule has 0 amide bonds. The van der Waals surface area contributed by atoms with E-state index in [1.54, 1.807) is 6.20 Å². The molecule has 1 rings (SSSR count). The molecule has 1 aromatic heterocycles. The lowest BCUT2D eigenvalue weighted by atomic mass is 9.80. The van der Waals surface area contributed by atoms with E-state index < -0.39 is 0 Å². The van der Waals surface area contributed by atoms with Crippen LogP contribution in [0.15, 0.2) is 18.3 Å².